The van der Waals surface area contributed by atoms with Crippen LogP contribution in [0.15, 0.2) is 41.9 Å². The van der Waals surface area contributed by atoms with E-state index in [2.05, 4.69) is 77.7 Å². The maximum atomic E-state index is 4.78. The van der Waals surface area contributed by atoms with Gasteiger partial charge in [0, 0.05) is 44.5 Å². The van der Waals surface area contributed by atoms with Gasteiger partial charge in [-0.1, -0.05) is 32.9 Å². The summed E-state index contributed by atoms with van der Waals surface area (Å²) in [5.41, 5.74) is 2.93. The number of aryl methyl sites for hydroxylation is 1. The lowest BCUT2D eigenvalue weighted by atomic mass is 9.87. The number of hydrogen-bond acceptors (Lipinski definition) is 4. The van der Waals surface area contributed by atoms with Crippen molar-refractivity contribution < 1.29 is 0 Å². The fourth-order valence-electron chi connectivity index (χ4n) is 3.90. The molecule has 1 aromatic heterocycles. The molecule has 0 amide bonds. The Bertz CT molecular complexity index is 789. The van der Waals surface area contributed by atoms with Crippen molar-refractivity contribution in [1.82, 2.24) is 25.4 Å². The van der Waals surface area contributed by atoms with E-state index in [1.165, 1.54) is 11.3 Å². The van der Waals surface area contributed by atoms with E-state index >= 15 is 0 Å². The predicted molar refractivity (Wildman–Crippen MR) is 144 cm³/mol. The van der Waals surface area contributed by atoms with E-state index in [-0.39, 0.29) is 29.4 Å². The van der Waals surface area contributed by atoms with Gasteiger partial charge in [0.25, 0.3) is 0 Å². The average Bonchev–Trinajstić information content (AvgIpc) is 3.27. The van der Waals surface area contributed by atoms with Crippen LogP contribution in [0.1, 0.15) is 58.9 Å². The Hall–Kier alpha value is -1.84. The minimum atomic E-state index is 0. The van der Waals surface area contributed by atoms with Gasteiger partial charge in [0.1, 0.15) is 12.7 Å². The molecule has 1 aromatic carbocycles. The molecule has 1 saturated heterocycles. The monoisotopic (exact) mass is 553 g/mol. The highest BCUT2D eigenvalue weighted by atomic mass is 127. The van der Waals surface area contributed by atoms with Gasteiger partial charge >= 0.3 is 0 Å². The highest BCUT2D eigenvalue weighted by Gasteiger charge is 2.21. The standard InChI is InChI=1S/C24H39N7.HI/c1-5-25-23(26-14-6-7-15-30-18-27-28-19-30)29-21-12-16-31(17-13-21)22-10-8-20(9-11-22)24(2,3)4;/h8-11,18-19,21H,5-7,12-17H2,1-4H3,(H2,25,26,29);1H. The molecule has 1 aliphatic rings. The zero-order chi connectivity index (χ0) is 22.1. The Labute approximate surface area is 210 Å². The van der Waals surface area contributed by atoms with E-state index in [0.29, 0.717) is 6.04 Å². The number of hydrogen-bond donors (Lipinski definition) is 2. The van der Waals surface area contributed by atoms with Gasteiger partial charge < -0.3 is 20.1 Å². The molecule has 32 heavy (non-hydrogen) atoms. The van der Waals surface area contributed by atoms with Crippen LogP contribution in [-0.2, 0) is 12.0 Å². The van der Waals surface area contributed by atoms with E-state index in [4.69, 9.17) is 4.99 Å². The SMILES string of the molecule is CCNC(=NCCCCn1cnnc1)NC1CCN(c2ccc(C(C)(C)C)cc2)CC1.I. The van der Waals surface area contributed by atoms with Crippen LogP contribution in [0.4, 0.5) is 5.69 Å². The summed E-state index contributed by atoms with van der Waals surface area (Å²) >= 11 is 0. The summed E-state index contributed by atoms with van der Waals surface area (Å²) in [5, 5.41) is 14.7. The first kappa shape index (κ1) is 26.4. The topological polar surface area (TPSA) is 70.4 Å². The number of halogens is 1. The number of rotatable bonds is 8. The third kappa shape index (κ3) is 8.26. The smallest absolute Gasteiger partial charge is 0.191 e. The largest absolute Gasteiger partial charge is 0.371 e. The third-order valence-electron chi connectivity index (χ3n) is 5.84. The zero-order valence-electron chi connectivity index (χ0n) is 20.0. The molecule has 0 saturated carbocycles. The minimum Gasteiger partial charge on any atom is -0.371 e. The van der Waals surface area contributed by atoms with Crippen molar-refractivity contribution in [2.24, 2.45) is 4.99 Å². The van der Waals surface area contributed by atoms with Crippen molar-refractivity contribution in [3.63, 3.8) is 0 Å². The van der Waals surface area contributed by atoms with E-state index < -0.39 is 0 Å². The molecule has 0 spiro atoms. The first-order valence-corrected chi connectivity index (χ1v) is 11.7. The number of piperidine rings is 1. The molecule has 3 rings (SSSR count). The second-order valence-electron chi connectivity index (χ2n) is 9.37. The van der Waals surface area contributed by atoms with Gasteiger partial charge in [0.05, 0.1) is 0 Å². The summed E-state index contributed by atoms with van der Waals surface area (Å²) < 4.78 is 2.01. The van der Waals surface area contributed by atoms with Crippen LogP contribution in [-0.4, -0.2) is 52.9 Å². The molecule has 8 heteroatoms. The van der Waals surface area contributed by atoms with Crippen LogP contribution >= 0.6 is 24.0 Å². The molecular formula is C24H40IN7. The molecule has 2 N–H and O–H groups in total. The summed E-state index contributed by atoms with van der Waals surface area (Å²) in [5.74, 6) is 0.944. The predicted octanol–water partition coefficient (Wildman–Crippen LogP) is 4.20. The number of anilines is 1. The summed E-state index contributed by atoms with van der Waals surface area (Å²) in [7, 11) is 0. The molecular weight excluding hydrogens is 513 g/mol. The van der Waals surface area contributed by atoms with E-state index in [9.17, 15) is 0 Å². The van der Waals surface area contributed by atoms with Gasteiger partial charge in [0.15, 0.2) is 5.96 Å². The number of aliphatic imine (C=N–C) groups is 1. The number of guanidine groups is 1. The second-order valence-corrected chi connectivity index (χ2v) is 9.37. The van der Waals surface area contributed by atoms with Crippen molar-refractivity contribution in [2.75, 3.05) is 31.1 Å². The number of nitrogens with one attached hydrogen (secondary N) is 2. The van der Waals surface area contributed by atoms with Gasteiger partial charge in [0.2, 0.25) is 0 Å². The van der Waals surface area contributed by atoms with Gasteiger partial charge in [-0.3, -0.25) is 4.99 Å². The number of unbranched alkanes of at least 4 members (excludes halogenated alkanes) is 1. The van der Waals surface area contributed by atoms with Crippen LogP contribution in [0.5, 0.6) is 0 Å². The maximum Gasteiger partial charge on any atom is 0.191 e. The normalized spacial score (nSPS) is 15.4. The quantitative estimate of drug-likeness (QED) is 0.222. The zero-order valence-corrected chi connectivity index (χ0v) is 22.4. The maximum absolute atomic E-state index is 4.78. The summed E-state index contributed by atoms with van der Waals surface area (Å²) in [4.78, 5) is 7.28. The summed E-state index contributed by atoms with van der Waals surface area (Å²) in [6.07, 6.45) is 7.91. The Morgan fingerprint density at radius 1 is 1.06 bits per heavy atom. The Balaban J connectivity index is 0.00000363. The lowest BCUT2D eigenvalue weighted by molar-refractivity contribution is 0.461. The van der Waals surface area contributed by atoms with Crippen LogP contribution in [0, 0.1) is 0 Å². The van der Waals surface area contributed by atoms with Crippen molar-refractivity contribution in [1.29, 1.82) is 0 Å². The minimum absolute atomic E-state index is 0. The number of benzene rings is 1. The van der Waals surface area contributed by atoms with Crippen LogP contribution in [0.25, 0.3) is 0 Å². The second kappa shape index (κ2) is 13.0. The van der Waals surface area contributed by atoms with Crippen LogP contribution < -0.4 is 15.5 Å². The van der Waals surface area contributed by atoms with E-state index in [0.717, 1.165) is 64.4 Å². The van der Waals surface area contributed by atoms with E-state index in [1.807, 2.05) is 4.57 Å². The molecule has 0 bridgehead atoms. The average molecular weight is 554 g/mol. The Morgan fingerprint density at radius 3 is 2.31 bits per heavy atom. The lowest BCUT2D eigenvalue weighted by Gasteiger charge is -2.35. The Kier molecular flexibility index (Phi) is 10.7. The molecule has 0 unspecified atom stereocenters. The molecule has 0 radical (unpaired) electrons. The lowest BCUT2D eigenvalue weighted by Crippen LogP contribution is -2.48. The van der Waals surface area contributed by atoms with Crippen molar-refractivity contribution in [2.45, 2.75) is 71.4 Å². The van der Waals surface area contributed by atoms with Gasteiger partial charge in [-0.15, -0.1) is 34.2 Å². The molecule has 2 aromatic rings. The van der Waals surface area contributed by atoms with E-state index in [1.54, 1.807) is 12.7 Å². The molecule has 1 fully saturated rings. The molecule has 2 heterocycles. The molecule has 0 aliphatic carbocycles. The molecule has 1 aliphatic heterocycles. The Morgan fingerprint density at radius 2 is 1.72 bits per heavy atom. The first-order chi connectivity index (χ1) is 15.0. The molecule has 0 atom stereocenters. The van der Waals surface area contributed by atoms with Gasteiger partial charge in [-0.05, 0) is 55.7 Å². The fourth-order valence-corrected chi connectivity index (χ4v) is 3.90. The van der Waals surface area contributed by atoms with Crippen molar-refractivity contribution in [3.05, 3.63) is 42.5 Å². The van der Waals surface area contributed by atoms with Crippen LogP contribution in [0.2, 0.25) is 0 Å². The highest BCUT2D eigenvalue weighted by molar-refractivity contribution is 14.0. The number of nitrogens with zero attached hydrogens (tertiary/aromatic N) is 5. The third-order valence-corrected chi connectivity index (χ3v) is 5.84. The highest BCUT2D eigenvalue weighted by Crippen LogP contribution is 2.26. The molecule has 178 valence electrons. The summed E-state index contributed by atoms with van der Waals surface area (Å²) in [6, 6.07) is 9.58. The van der Waals surface area contributed by atoms with Crippen LogP contribution in [0.3, 0.4) is 0 Å². The summed E-state index contributed by atoms with van der Waals surface area (Å²) in [6.45, 7) is 13.7. The van der Waals surface area contributed by atoms with Crippen molar-refractivity contribution >= 4 is 35.6 Å². The van der Waals surface area contributed by atoms with Gasteiger partial charge in [-0.2, -0.15) is 0 Å². The fraction of sp³-hybridized carbons (Fsp3) is 0.625. The van der Waals surface area contributed by atoms with Crippen molar-refractivity contribution in [3.8, 4) is 0 Å². The van der Waals surface area contributed by atoms with Gasteiger partial charge in [-0.25, -0.2) is 0 Å². The molecule has 7 nitrogen and oxygen atoms in total. The number of aromatic nitrogens is 3. The first-order valence-electron chi connectivity index (χ1n) is 11.7.